The minimum Gasteiger partial charge on any atom is -0.396 e. The number of ether oxygens (including phenoxy) is 1. The van der Waals surface area contributed by atoms with E-state index in [2.05, 4.69) is 22.2 Å². The van der Waals surface area contributed by atoms with Crippen LogP contribution in [0.1, 0.15) is 29.6 Å². The summed E-state index contributed by atoms with van der Waals surface area (Å²) >= 11 is 1.64. The van der Waals surface area contributed by atoms with E-state index < -0.39 is 0 Å². The smallest absolute Gasteiger partial charge is 0.146 e. The predicted molar refractivity (Wildman–Crippen MR) is 90.1 cm³/mol. The molecule has 0 aromatic carbocycles. The van der Waals surface area contributed by atoms with Crippen molar-refractivity contribution in [1.29, 1.82) is 0 Å². The van der Waals surface area contributed by atoms with Crippen molar-refractivity contribution in [3.63, 3.8) is 0 Å². The van der Waals surface area contributed by atoms with Crippen molar-refractivity contribution in [3.05, 3.63) is 16.3 Å². The molecule has 22 heavy (non-hydrogen) atoms. The van der Waals surface area contributed by atoms with Crippen LogP contribution in [0.25, 0.3) is 10.2 Å². The fourth-order valence-corrected chi connectivity index (χ4v) is 3.53. The van der Waals surface area contributed by atoms with Crippen LogP contribution in [0.5, 0.6) is 0 Å². The maximum atomic E-state index is 9.20. The first kappa shape index (κ1) is 17.1. The summed E-state index contributed by atoms with van der Waals surface area (Å²) in [5.74, 6) is 1.19. The van der Waals surface area contributed by atoms with Crippen LogP contribution in [-0.2, 0) is 11.3 Å². The van der Waals surface area contributed by atoms with Gasteiger partial charge < -0.3 is 20.9 Å². The molecule has 0 fully saturated rings. The Morgan fingerprint density at radius 1 is 1.36 bits per heavy atom. The zero-order valence-electron chi connectivity index (χ0n) is 13.6. The number of nitrogen functional groups attached to an aromatic ring is 1. The van der Waals surface area contributed by atoms with Gasteiger partial charge in [-0.15, -0.1) is 11.3 Å². The van der Waals surface area contributed by atoms with Crippen LogP contribution in [0.3, 0.4) is 0 Å². The average molecular weight is 324 g/mol. The number of thiophene rings is 1. The molecule has 0 saturated heterocycles. The van der Waals surface area contributed by atoms with Gasteiger partial charge in [-0.2, -0.15) is 0 Å². The number of hydrogen-bond donors (Lipinski definition) is 3. The van der Waals surface area contributed by atoms with E-state index in [-0.39, 0.29) is 12.1 Å². The number of nitrogens with two attached hydrogens (primary N) is 1. The normalized spacial score (nSPS) is 14.4. The molecule has 0 bridgehead atoms. The molecule has 2 aromatic heterocycles. The first-order chi connectivity index (χ1) is 10.4. The van der Waals surface area contributed by atoms with Crippen LogP contribution in [0.2, 0.25) is 0 Å². The Hall–Kier alpha value is -1.28. The fraction of sp³-hybridized carbons (Fsp3) is 0.600. The topological polar surface area (TPSA) is 93.3 Å². The highest BCUT2D eigenvalue weighted by atomic mass is 32.1. The largest absolute Gasteiger partial charge is 0.396 e. The SMILES string of the molecule is COCC(C)(CCO)NCc1nc(N)c2c(C)c(C)sc2n1. The molecule has 0 aliphatic carbocycles. The molecule has 122 valence electrons. The molecule has 0 saturated carbocycles. The Balaban J connectivity index is 2.21. The van der Waals surface area contributed by atoms with E-state index in [1.807, 2.05) is 13.8 Å². The highest BCUT2D eigenvalue weighted by molar-refractivity contribution is 7.18. The molecule has 2 heterocycles. The van der Waals surface area contributed by atoms with Gasteiger partial charge in [-0.05, 0) is 32.8 Å². The zero-order chi connectivity index (χ0) is 16.3. The lowest BCUT2D eigenvalue weighted by molar-refractivity contribution is 0.0965. The summed E-state index contributed by atoms with van der Waals surface area (Å²) in [7, 11) is 1.65. The average Bonchev–Trinajstić information content (AvgIpc) is 2.73. The van der Waals surface area contributed by atoms with E-state index >= 15 is 0 Å². The third kappa shape index (κ3) is 3.55. The Morgan fingerprint density at radius 3 is 2.73 bits per heavy atom. The number of hydrogen-bond acceptors (Lipinski definition) is 7. The van der Waals surface area contributed by atoms with Gasteiger partial charge in [0.15, 0.2) is 0 Å². The van der Waals surface area contributed by atoms with Crippen molar-refractivity contribution in [2.75, 3.05) is 26.1 Å². The first-order valence-corrected chi connectivity index (χ1v) is 8.09. The van der Waals surface area contributed by atoms with Crippen molar-refractivity contribution >= 4 is 27.4 Å². The summed E-state index contributed by atoms with van der Waals surface area (Å²) < 4.78 is 5.22. The number of fused-ring (bicyclic) bond motifs is 1. The Bertz CT molecular complexity index is 651. The summed E-state index contributed by atoms with van der Waals surface area (Å²) in [5, 5.41) is 13.5. The van der Waals surface area contributed by atoms with E-state index in [9.17, 15) is 5.11 Å². The Morgan fingerprint density at radius 2 is 2.09 bits per heavy atom. The zero-order valence-corrected chi connectivity index (χ0v) is 14.4. The molecule has 7 heteroatoms. The molecule has 2 aromatic rings. The van der Waals surface area contributed by atoms with Crippen LogP contribution < -0.4 is 11.1 Å². The summed E-state index contributed by atoms with van der Waals surface area (Å²) in [6, 6.07) is 0. The number of aryl methyl sites for hydroxylation is 2. The number of methoxy groups -OCH3 is 1. The van der Waals surface area contributed by atoms with Gasteiger partial charge in [-0.3, -0.25) is 0 Å². The van der Waals surface area contributed by atoms with Crippen molar-refractivity contribution in [1.82, 2.24) is 15.3 Å². The van der Waals surface area contributed by atoms with Gasteiger partial charge in [0.2, 0.25) is 0 Å². The fourth-order valence-electron chi connectivity index (χ4n) is 2.47. The summed E-state index contributed by atoms with van der Waals surface area (Å²) in [6.45, 7) is 7.20. The van der Waals surface area contributed by atoms with Crippen LogP contribution in [0, 0.1) is 13.8 Å². The monoisotopic (exact) mass is 324 g/mol. The number of nitrogens with zero attached hydrogens (tertiary/aromatic N) is 2. The molecular weight excluding hydrogens is 300 g/mol. The minimum atomic E-state index is -0.322. The minimum absolute atomic E-state index is 0.0954. The van der Waals surface area contributed by atoms with E-state index in [0.717, 1.165) is 15.8 Å². The van der Waals surface area contributed by atoms with Gasteiger partial charge in [0.05, 0.1) is 18.5 Å². The second-order valence-corrected chi connectivity index (χ2v) is 7.01. The van der Waals surface area contributed by atoms with Gasteiger partial charge in [0.25, 0.3) is 0 Å². The van der Waals surface area contributed by atoms with Gasteiger partial charge in [-0.25, -0.2) is 9.97 Å². The lowest BCUT2D eigenvalue weighted by atomic mass is 9.99. The van der Waals surface area contributed by atoms with Gasteiger partial charge in [0.1, 0.15) is 16.5 Å². The molecule has 0 aliphatic rings. The second kappa shape index (κ2) is 6.87. The Kier molecular flexibility index (Phi) is 5.33. The number of aromatic nitrogens is 2. The molecule has 0 aliphatic heterocycles. The van der Waals surface area contributed by atoms with Crippen molar-refractivity contribution in [2.24, 2.45) is 0 Å². The lowest BCUT2D eigenvalue weighted by Gasteiger charge is -2.29. The number of anilines is 1. The third-order valence-electron chi connectivity index (χ3n) is 3.90. The molecule has 6 nitrogen and oxygen atoms in total. The van der Waals surface area contributed by atoms with Crippen LogP contribution in [0.15, 0.2) is 0 Å². The number of aliphatic hydroxyl groups is 1. The molecule has 4 N–H and O–H groups in total. The van der Waals surface area contributed by atoms with Crippen LogP contribution in [-0.4, -0.2) is 40.9 Å². The standard InChI is InChI=1S/C15H24N4O2S/c1-9-10(2)22-14-12(9)13(16)18-11(19-14)7-17-15(3,5-6-20)8-21-4/h17,20H,5-8H2,1-4H3,(H2,16,18,19). The number of rotatable bonds is 7. The van der Waals surface area contributed by atoms with Crippen molar-refractivity contribution in [3.8, 4) is 0 Å². The molecule has 0 radical (unpaired) electrons. The number of nitrogens with one attached hydrogen (secondary N) is 1. The predicted octanol–water partition coefficient (Wildman–Crippen LogP) is 1.77. The number of aliphatic hydroxyl groups excluding tert-OH is 1. The van der Waals surface area contributed by atoms with E-state index in [4.69, 9.17) is 10.5 Å². The Labute approximate surface area is 134 Å². The lowest BCUT2D eigenvalue weighted by Crippen LogP contribution is -2.46. The van der Waals surface area contributed by atoms with E-state index in [1.165, 1.54) is 4.88 Å². The molecule has 1 unspecified atom stereocenters. The summed E-state index contributed by atoms with van der Waals surface area (Å²) in [4.78, 5) is 11.1. The van der Waals surface area contributed by atoms with Gasteiger partial charge in [0, 0.05) is 24.1 Å². The van der Waals surface area contributed by atoms with E-state index in [1.54, 1.807) is 18.4 Å². The van der Waals surface area contributed by atoms with Crippen molar-refractivity contribution < 1.29 is 9.84 Å². The molecular formula is C15H24N4O2S. The second-order valence-electron chi connectivity index (χ2n) is 5.81. The molecule has 0 amide bonds. The summed E-state index contributed by atoms with van der Waals surface area (Å²) in [6.07, 6.45) is 0.593. The molecule has 0 spiro atoms. The van der Waals surface area contributed by atoms with Crippen LogP contribution >= 0.6 is 11.3 Å². The summed E-state index contributed by atoms with van der Waals surface area (Å²) in [5.41, 5.74) is 6.92. The quantitative estimate of drug-likeness (QED) is 0.719. The maximum absolute atomic E-state index is 9.20. The van der Waals surface area contributed by atoms with Crippen LogP contribution in [0.4, 0.5) is 5.82 Å². The van der Waals surface area contributed by atoms with Gasteiger partial charge in [-0.1, -0.05) is 0 Å². The van der Waals surface area contributed by atoms with Crippen molar-refractivity contribution in [2.45, 2.75) is 39.3 Å². The molecule has 1 atom stereocenters. The third-order valence-corrected chi connectivity index (χ3v) is 5.00. The first-order valence-electron chi connectivity index (χ1n) is 7.27. The molecule has 2 rings (SSSR count). The van der Waals surface area contributed by atoms with E-state index in [0.29, 0.717) is 31.2 Å². The maximum Gasteiger partial charge on any atom is 0.146 e. The highest BCUT2D eigenvalue weighted by Gasteiger charge is 2.23. The van der Waals surface area contributed by atoms with Gasteiger partial charge >= 0.3 is 0 Å². The highest BCUT2D eigenvalue weighted by Crippen LogP contribution is 2.31.